The van der Waals surface area contributed by atoms with E-state index in [4.69, 9.17) is 14.7 Å². The standard InChI is InChI=1S/C42H51FN8O3/c1-26(2)50-25-45-34-21-33(47-37(36(34)50)46-32-8-13-44-22-31(32)43)27-6-7-30-35(18-27)51(29-19-28(20-29)49-14-9-40(3,4)23-49)39(53)42(30)10-15-48(16-11-42)38(52)41(5)12-17-54-24-41/h6-8,13,18,21-22,25-26,28-29H,9-12,14-17,19-20,23-24H2,1-5H3,(H,44,46,47)/t28-,29+,41-/m0/s1. The maximum atomic E-state index is 15.0. The van der Waals surface area contributed by atoms with E-state index in [1.54, 1.807) is 18.6 Å². The van der Waals surface area contributed by atoms with Gasteiger partial charge in [0.2, 0.25) is 11.8 Å². The molecule has 0 bridgehead atoms. The van der Waals surface area contributed by atoms with Gasteiger partial charge in [-0.1, -0.05) is 26.0 Å². The van der Waals surface area contributed by atoms with Crippen molar-refractivity contribution < 1.29 is 18.7 Å². The number of carbonyl (C=O) groups is 2. The molecule has 4 aliphatic heterocycles. The van der Waals surface area contributed by atoms with Crippen molar-refractivity contribution in [2.24, 2.45) is 10.8 Å². The number of amides is 2. The predicted octanol–water partition coefficient (Wildman–Crippen LogP) is 6.85. The fourth-order valence-corrected chi connectivity index (χ4v) is 9.73. The first-order valence-electron chi connectivity index (χ1n) is 19.7. The Morgan fingerprint density at radius 1 is 1.02 bits per heavy atom. The summed E-state index contributed by atoms with van der Waals surface area (Å²) in [4.78, 5) is 49.1. The largest absolute Gasteiger partial charge is 0.380 e. The average Bonchev–Trinajstić information content (AvgIpc) is 3.91. The van der Waals surface area contributed by atoms with E-state index in [0.29, 0.717) is 62.1 Å². The molecule has 54 heavy (non-hydrogen) atoms. The maximum absolute atomic E-state index is 15.0. The molecule has 0 radical (unpaired) electrons. The van der Waals surface area contributed by atoms with Gasteiger partial charge in [0.05, 0.1) is 46.9 Å². The summed E-state index contributed by atoms with van der Waals surface area (Å²) in [6.07, 6.45) is 9.55. The number of imidazole rings is 1. The molecule has 1 atom stereocenters. The first-order chi connectivity index (χ1) is 25.9. The monoisotopic (exact) mass is 734 g/mol. The van der Waals surface area contributed by atoms with Gasteiger partial charge in [-0.15, -0.1) is 0 Å². The molecule has 1 saturated carbocycles. The molecule has 7 heterocycles. The van der Waals surface area contributed by atoms with Crippen LogP contribution >= 0.6 is 0 Å². The molecular formula is C42H51FN8O3. The molecule has 12 heteroatoms. The van der Waals surface area contributed by atoms with Gasteiger partial charge in [-0.3, -0.25) is 19.5 Å². The number of aromatic nitrogens is 4. The molecule has 11 nitrogen and oxygen atoms in total. The van der Waals surface area contributed by atoms with E-state index in [-0.39, 0.29) is 29.6 Å². The summed E-state index contributed by atoms with van der Waals surface area (Å²) in [6, 6.07) is 10.6. The van der Waals surface area contributed by atoms with Gasteiger partial charge in [0.25, 0.3) is 0 Å². The maximum Gasteiger partial charge on any atom is 0.238 e. The van der Waals surface area contributed by atoms with E-state index in [2.05, 4.69) is 66.0 Å². The zero-order valence-electron chi connectivity index (χ0n) is 32.1. The van der Waals surface area contributed by atoms with Gasteiger partial charge in [0.1, 0.15) is 5.52 Å². The number of fused-ring (bicyclic) bond motifs is 3. The Hall–Kier alpha value is -4.42. The van der Waals surface area contributed by atoms with E-state index < -0.39 is 16.6 Å². The molecule has 3 aromatic heterocycles. The molecule has 1 N–H and O–H groups in total. The Morgan fingerprint density at radius 2 is 1.81 bits per heavy atom. The van der Waals surface area contributed by atoms with Crippen molar-refractivity contribution in [3.05, 3.63) is 60.4 Å². The van der Waals surface area contributed by atoms with E-state index in [0.717, 1.165) is 60.2 Å². The highest BCUT2D eigenvalue weighted by Crippen LogP contribution is 2.53. The summed E-state index contributed by atoms with van der Waals surface area (Å²) in [6.45, 7) is 15.2. The number of piperidine rings is 1. The highest BCUT2D eigenvalue weighted by atomic mass is 19.1. The number of likely N-dealkylation sites (tertiary alicyclic amines) is 2. The number of nitrogens with one attached hydrogen (secondary N) is 1. The number of halogens is 1. The summed E-state index contributed by atoms with van der Waals surface area (Å²) in [5.74, 6) is 0.329. The van der Waals surface area contributed by atoms with Crippen LogP contribution in [0.5, 0.6) is 0 Å². The molecule has 9 rings (SSSR count). The van der Waals surface area contributed by atoms with Crippen molar-refractivity contribution in [1.82, 2.24) is 29.3 Å². The number of hydrogen-bond donors (Lipinski definition) is 1. The van der Waals surface area contributed by atoms with Crippen molar-refractivity contribution in [3.63, 3.8) is 0 Å². The first kappa shape index (κ1) is 35.3. The smallest absolute Gasteiger partial charge is 0.238 e. The van der Waals surface area contributed by atoms with Crippen LogP contribution < -0.4 is 10.2 Å². The van der Waals surface area contributed by atoms with Crippen molar-refractivity contribution in [2.75, 3.05) is 49.6 Å². The lowest BCUT2D eigenvalue weighted by molar-refractivity contribution is -0.144. The molecule has 4 aromatic rings. The number of carbonyl (C=O) groups excluding carboxylic acids is 2. The van der Waals surface area contributed by atoms with Gasteiger partial charge in [0.15, 0.2) is 11.6 Å². The van der Waals surface area contributed by atoms with E-state index in [1.165, 1.54) is 12.6 Å². The van der Waals surface area contributed by atoms with E-state index >= 15 is 0 Å². The molecule has 1 aliphatic carbocycles. The minimum absolute atomic E-state index is 0.107. The number of pyridine rings is 2. The summed E-state index contributed by atoms with van der Waals surface area (Å²) in [7, 11) is 0. The molecule has 1 aromatic carbocycles. The van der Waals surface area contributed by atoms with Crippen LogP contribution in [0.3, 0.4) is 0 Å². The lowest BCUT2D eigenvalue weighted by Gasteiger charge is -2.47. The summed E-state index contributed by atoms with van der Waals surface area (Å²) < 4.78 is 22.5. The molecule has 4 fully saturated rings. The van der Waals surface area contributed by atoms with Gasteiger partial charge in [-0.25, -0.2) is 14.4 Å². The molecule has 3 saturated heterocycles. The number of hydrogen-bond acceptors (Lipinski definition) is 8. The fourth-order valence-electron chi connectivity index (χ4n) is 9.73. The average molecular weight is 735 g/mol. The zero-order valence-corrected chi connectivity index (χ0v) is 32.1. The topological polar surface area (TPSA) is 109 Å². The second kappa shape index (κ2) is 12.8. The van der Waals surface area contributed by atoms with Gasteiger partial charge >= 0.3 is 0 Å². The van der Waals surface area contributed by atoms with Crippen LogP contribution in [0.4, 0.5) is 21.6 Å². The minimum atomic E-state index is -0.683. The Kier molecular flexibility index (Phi) is 8.39. The van der Waals surface area contributed by atoms with Gasteiger partial charge < -0.3 is 24.4 Å². The lowest BCUT2D eigenvalue weighted by Crippen LogP contribution is -2.58. The van der Waals surface area contributed by atoms with Crippen LogP contribution in [0, 0.1) is 16.6 Å². The number of anilines is 3. The Morgan fingerprint density at radius 3 is 2.50 bits per heavy atom. The molecule has 1 spiro atoms. The Balaban J connectivity index is 1.08. The number of nitrogens with zero attached hydrogens (tertiary/aromatic N) is 7. The third-order valence-corrected chi connectivity index (χ3v) is 13.1. The van der Waals surface area contributed by atoms with Crippen molar-refractivity contribution in [1.29, 1.82) is 0 Å². The van der Waals surface area contributed by atoms with Crippen LogP contribution in [0.25, 0.3) is 22.3 Å². The quantitative estimate of drug-likeness (QED) is 0.220. The minimum Gasteiger partial charge on any atom is -0.380 e. The van der Waals surface area contributed by atoms with Crippen molar-refractivity contribution in [2.45, 2.75) is 96.7 Å². The van der Waals surface area contributed by atoms with Crippen LogP contribution in [-0.2, 0) is 19.7 Å². The molecule has 2 amide bonds. The van der Waals surface area contributed by atoms with Gasteiger partial charge in [-0.05, 0) is 95.0 Å². The Labute approximate surface area is 316 Å². The third kappa shape index (κ3) is 5.70. The molecule has 0 unspecified atom stereocenters. The van der Waals surface area contributed by atoms with E-state index in [9.17, 15) is 14.0 Å². The zero-order chi connectivity index (χ0) is 37.6. The van der Waals surface area contributed by atoms with Gasteiger partial charge in [0, 0.05) is 61.8 Å². The summed E-state index contributed by atoms with van der Waals surface area (Å²) in [5, 5.41) is 3.24. The third-order valence-electron chi connectivity index (χ3n) is 13.1. The molecular weight excluding hydrogens is 684 g/mol. The fraction of sp³-hybridized carbons (Fsp3) is 0.548. The molecule has 284 valence electrons. The summed E-state index contributed by atoms with van der Waals surface area (Å²) >= 11 is 0. The van der Waals surface area contributed by atoms with Crippen LogP contribution in [0.2, 0.25) is 0 Å². The number of ether oxygens (including phenoxy) is 1. The molecule has 5 aliphatic rings. The van der Waals surface area contributed by atoms with Crippen molar-refractivity contribution >= 4 is 40.0 Å². The lowest BCUT2D eigenvalue weighted by atomic mass is 9.72. The normalized spacial score (nSPS) is 26.2. The second-order valence-electron chi connectivity index (χ2n) is 17.8. The van der Waals surface area contributed by atoms with Crippen LogP contribution in [0.15, 0.2) is 49.1 Å². The second-order valence-corrected chi connectivity index (χ2v) is 17.8. The highest BCUT2D eigenvalue weighted by Gasteiger charge is 2.57. The van der Waals surface area contributed by atoms with Gasteiger partial charge in [-0.2, -0.15) is 0 Å². The van der Waals surface area contributed by atoms with Crippen LogP contribution in [0.1, 0.15) is 84.7 Å². The highest BCUT2D eigenvalue weighted by molar-refractivity contribution is 6.09. The van der Waals surface area contributed by atoms with E-state index in [1.807, 2.05) is 22.5 Å². The van der Waals surface area contributed by atoms with Crippen LogP contribution in [-0.4, -0.2) is 92.6 Å². The summed E-state index contributed by atoms with van der Waals surface area (Å²) in [5.41, 5.74) is 4.49. The first-order valence-corrected chi connectivity index (χ1v) is 19.7. The van der Waals surface area contributed by atoms with Crippen molar-refractivity contribution in [3.8, 4) is 11.3 Å². The Bertz CT molecular complexity index is 2130. The SMILES string of the molecule is CC(C)n1cnc2cc(-c3ccc4c(c3)N([C@H]3C[C@@H](N5CCC(C)(C)C5)C3)C(=O)C43CCN(C(=O)[C@@]4(C)CCOC4)CC3)nc(Nc3ccncc3F)c21. The number of benzene rings is 1. The number of rotatable bonds is 7. The predicted molar refractivity (Wildman–Crippen MR) is 206 cm³/mol.